The molecule has 158 valence electrons. The highest BCUT2D eigenvalue weighted by molar-refractivity contribution is 9.10. The third-order valence-electron chi connectivity index (χ3n) is 5.12. The van der Waals surface area contributed by atoms with Crippen molar-refractivity contribution in [1.29, 1.82) is 0 Å². The van der Waals surface area contributed by atoms with Crippen LogP contribution in [0.15, 0.2) is 57.8 Å². The van der Waals surface area contributed by atoms with E-state index in [1.165, 1.54) is 9.08 Å². The van der Waals surface area contributed by atoms with E-state index in [1.54, 1.807) is 12.1 Å². The molecule has 1 aliphatic heterocycles. The lowest BCUT2D eigenvalue weighted by molar-refractivity contribution is -0.117. The number of ether oxygens (including phenoxy) is 1. The summed E-state index contributed by atoms with van der Waals surface area (Å²) in [5, 5.41) is 7.28. The fraction of sp³-hybridized carbons (Fsp3) is 0.238. The normalized spacial score (nSPS) is 14.3. The van der Waals surface area contributed by atoms with E-state index in [4.69, 9.17) is 9.72 Å². The van der Waals surface area contributed by atoms with Crippen LogP contribution in [-0.2, 0) is 16.1 Å². The van der Waals surface area contributed by atoms with E-state index in [-0.39, 0.29) is 18.1 Å². The number of hydrogen-bond donors (Lipinski definition) is 1. The molecule has 10 heteroatoms. The molecule has 1 saturated heterocycles. The molecule has 0 bridgehead atoms. The Kier molecular flexibility index (Phi) is 5.16. The molecule has 1 N–H and O–H groups in total. The minimum atomic E-state index is -0.380. The average Bonchev–Trinajstić information content (AvgIpc) is 3.11. The van der Waals surface area contributed by atoms with Gasteiger partial charge in [-0.05, 0) is 36.4 Å². The van der Waals surface area contributed by atoms with E-state index in [2.05, 4.69) is 31.2 Å². The smallest absolute Gasteiger partial charge is 0.351 e. The molecule has 0 saturated carbocycles. The second kappa shape index (κ2) is 8.12. The Bertz CT molecular complexity index is 1320. The molecule has 0 atom stereocenters. The lowest BCUT2D eigenvalue weighted by atomic mass is 10.3. The highest BCUT2D eigenvalue weighted by Gasteiger charge is 2.22. The van der Waals surface area contributed by atoms with Gasteiger partial charge >= 0.3 is 5.69 Å². The van der Waals surface area contributed by atoms with Crippen LogP contribution in [0, 0.1) is 0 Å². The number of nitrogens with one attached hydrogen (secondary N) is 1. The molecular formula is C21H19BrN6O3. The summed E-state index contributed by atoms with van der Waals surface area (Å²) in [6.07, 6.45) is 0. The predicted octanol–water partition coefficient (Wildman–Crippen LogP) is 2.28. The van der Waals surface area contributed by atoms with Crippen LogP contribution in [0.2, 0.25) is 0 Å². The van der Waals surface area contributed by atoms with Gasteiger partial charge in [-0.3, -0.25) is 4.79 Å². The Morgan fingerprint density at radius 3 is 2.61 bits per heavy atom. The Morgan fingerprint density at radius 2 is 1.84 bits per heavy atom. The van der Waals surface area contributed by atoms with Gasteiger partial charge in [0.1, 0.15) is 6.54 Å². The number of carbonyl (C=O) groups excluding carboxylic acids is 1. The summed E-state index contributed by atoms with van der Waals surface area (Å²) in [5.74, 6) is 0.282. The van der Waals surface area contributed by atoms with Crippen LogP contribution < -0.4 is 15.9 Å². The first kappa shape index (κ1) is 19.7. The summed E-state index contributed by atoms with van der Waals surface area (Å²) in [7, 11) is 0. The molecule has 0 unspecified atom stereocenters. The molecule has 1 fully saturated rings. The van der Waals surface area contributed by atoms with Crippen molar-refractivity contribution < 1.29 is 9.53 Å². The maximum atomic E-state index is 13.2. The molecule has 31 heavy (non-hydrogen) atoms. The summed E-state index contributed by atoms with van der Waals surface area (Å²) >= 11 is 3.37. The molecule has 2 aromatic heterocycles. The van der Waals surface area contributed by atoms with E-state index in [0.29, 0.717) is 54.5 Å². The maximum absolute atomic E-state index is 13.2. The number of hydrogen-bond acceptors (Lipinski definition) is 6. The number of anilines is 2. The van der Waals surface area contributed by atoms with Crippen LogP contribution in [0.25, 0.3) is 16.7 Å². The molecule has 0 radical (unpaired) electrons. The topological polar surface area (TPSA) is 93.8 Å². The molecule has 2 aromatic carbocycles. The van der Waals surface area contributed by atoms with Crippen molar-refractivity contribution in [1.82, 2.24) is 19.2 Å². The van der Waals surface area contributed by atoms with E-state index >= 15 is 0 Å². The van der Waals surface area contributed by atoms with Gasteiger partial charge in [-0.2, -0.15) is 0 Å². The van der Waals surface area contributed by atoms with Gasteiger partial charge in [0, 0.05) is 23.2 Å². The van der Waals surface area contributed by atoms with Gasteiger partial charge < -0.3 is 15.0 Å². The Hall–Kier alpha value is -3.24. The maximum Gasteiger partial charge on any atom is 0.351 e. The van der Waals surface area contributed by atoms with Crippen LogP contribution in [0.3, 0.4) is 0 Å². The number of halogens is 1. The molecule has 9 nitrogen and oxygen atoms in total. The van der Waals surface area contributed by atoms with Crippen LogP contribution >= 0.6 is 15.9 Å². The highest BCUT2D eigenvalue weighted by atomic mass is 79.9. The summed E-state index contributed by atoms with van der Waals surface area (Å²) in [6, 6.07) is 14.6. The molecular weight excluding hydrogens is 464 g/mol. The van der Waals surface area contributed by atoms with Crippen LogP contribution in [0.4, 0.5) is 11.5 Å². The van der Waals surface area contributed by atoms with Gasteiger partial charge in [-0.1, -0.05) is 28.1 Å². The van der Waals surface area contributed by atoms with Gasteiger partial charge in [0.15, 0.2) is 5.82 Å². The van der Waals surface area contributed by atoms with Crippen molar-refractivity contribution in [2.45, 2.75) is 6.54 Å². The van der Waals surface area contributed by atoms with Crippen molar-refractivity contribution >= 4 is 50.0 Å². The zero-order valence-electron chi connectivity index (χ0n) is 16.5. The summed E-state index contributed by atoms with van der Waals surface area (Å²) in [6.45, 7) is 2.29. The molecule has 5 rings (SSSR count). The molecule has 1 amide bonds. The largest absolute Gasteiger partial charge is 0.378 e. The van der Waals surface area contributed by atoms with Crippen LogP contribution in [0.1, 0.15) is 0 Å². The van der Waals surface area contributed by atoms with E-state index in [1.807, 2.05) is 36.4 Å². The van der Waals surface area contributed by atoms with E-state index in [0.717, 1.165) is 4.47 Å². The number of carbonyl (C=O) groups is 1. The monoisotopic (exact) mass is 482 g/mol. The summed E-state index contributed by atoms with van der Waals surface area (Å²) < 4.78 is 9.07. The second-order valence-corrected chi connectivity index (χ2v) is 8.09. The predicted molar refractivity (Wildman–Crippen MR) is 121 cm³/mol. The van der Waals surface area contributed by atoms with Crippen molar-refractivity contribution in [2.75, 3.05) is 36.5 Å². The number of nitrogens with zero attached hydrogens (tertiary/aromatic N) is 5. The summed E-state index contributed by atoms with van der Waals surface area (Å²) in [4.78, 5) is 32.6. The molecule has 4 aromatic rings. The fourth-order valence-electron chi connectivity index (χ4n) is 3.64. The van der Waals surface area contributed by atoms with Crippen LogP contribution in [-0.4, -0.2) is 51.4 Å². The van der Waals surface area contributed by atoms with E-state index < -0.39 is 0 Å². The number of benzene rings is 2. The third-order valence-corrected chi connectivity index (χ3v) is 5.65. The zero-order chi connectivity index (χ0) is 21.4. The van der Waals surface area contributed by atoms with Gasteiger partial charge in [0.2, 0.25) is 11.6 Å². The van der Waals surface area contributed by atoms with Crippen molar-refractivity contribution in [2.24, 2.45) is 0 Å². The standard InChI is InChI=1S/C21H19BrN6O3/c22-14-5-7-15(8-6-14)23-18(29)13-27-21(30)28-17-4-2-1-3-16(17)24-19(20(28)25-27)26-9-11-31-12-10-26/h1-8H,9-13H2,(H,23,29). The fourth-order valence-corrected chi connectivity index (χ4v) is 3.91. The first-order chi connectivity index (χ1) is 15.1. The minimum Gasteiger partial charge on any atom is -0.378 e. The minimum absolute atomic E-state index is 0.201. The number of rotatable bonds is 4. The van der Waals surface area contributed by atoms with Gasteiger partial charge in [0.05, 0.1) is 24.2 Å². The Morgan fingerprint density at radius 1 is 1.10 bits per heavy atom. The number of morpholine rings is 1. The SMILES string of the molecule is O=C(Cn1nc2c(N3CCOCC3)nc3ccccc3n2c1=O)Nc1ccc(Br)cc1. The van der Waals surface area contributed by atoms with Crippen LogP contribution in [0.5, 0.6) is 0 Å². The zero-order valence-corrected chi connectivity index (χ0v) is 18.1. The van der Waals surface area contributed by atoms with Gasteiger partial charge in [-0.25, -0.2) is 18.9 Å². The van der Waals surface area contributed by atoms with Gasteiger partial charge in [-0.15, -0.1) is 5.10 Å². The molecule has 0 aliphatic carbocycles. The Labute approximate surface area is 185 Å². The van der Waals surface area contributed by atoms with Crippen molar-refractivity contribution in [3.8, 4) is 0 Å². The summed E-state index contributed by atoms with van der Waals surface area (Å²) in [5.41, 5.74) is 2.04. The van der Waals surface area contributed by atoms with Gasteiger partial charge in [0.25, 0.3) is 0 Å². The molecule has 0 spiro atoms. The highest BCUT2D eigenvalue weighted by Crippen LogP contribution is 2.23. The quantitative estimate of drug-likeness (QED) is 0.479. The molecule has 3 heterocycles. The first-order valence-corrected chi connectivity index (χ1v) is 10.7. The van der Waals surface area contributed by atoms with Crippen molar-refractivity contribution in [3.63, 3.8) is 0 Å². The second-order valence-electron chi connectivity index (χ2n) is 7.18. The lowest BCUT2D eigenvalue weighted by Crippen LogP contribution is -2.37. The molecule has 1 aliphatic rings. The number of para-hydroxylation sites is 2. The Balaban J connectivity index is 1.55. The first-order valence-electron chi connectivity index (χ1n) is 9.86. The van der Waals surface area contributed by atoms with E-state index in [9.17, 15) is 9.59 Å². The average molecular weight is 483 g/mol. The lowest BCUT2D eigenvalue weighted by Gasteiger charge is -2.27. The number of aromatic nitrogens is 4. The number of amides is 1. The number of fused-ring (bicyclic) bond motifs is 3. The third kappa shape index (κ3) is 3.79. The van der Waals surface area contributed by atoms with Crippen molar-refractivity contribution in [3.05, 3.63) is 63.5 Å².